The Morgan fingerprint density at radius 1 is 0.941 bits per heavy atom. The molecule has 6 rings (SSSR count). The van der Waals surface area contributed by atoms with Crippen molar-refractivity contribution in [2.45, 2.75) is 66.7 Å². The minimum atomic E-state index is -1.76. The van der Waals surface area contributed by atoms with Gasteiger partial charge in [-0.05, 0) is 19.4 Å². The fraction of sp³-hybridized carbons (Fsp3) is 1.00. The van der Waals surface area contributed by atoms with E-state index in [4.69, 9.17) is 18.9 Å². The van der Waals surface area contributed by atoms with Crippen LogP contribution in [0, 0.1) is 34.5 Å². The van der Waals surface area contributed by atoms with Crippen molar-refractivity contribution in [3.05, 3.63) is 0 Å². The molecule has 0 aromatic heterocycles. The van der Waals surface area contributed by atoms with Gasteiger partial charge in [0, 0.05) is 76.0 Å². The summed E-state index contributed by atoms with van der Waals surface area (Å²) in [5.74, 6) is -2.05. The SMILES string of the molecule is COC[C@]12CN(C)C3C4[C@H](OC)[C@H]1C3([C@@H](OC)C[C@H]2O)[C@@H]1C[C@]2(O)[C@H](O)[C@@H]1[C@]4(O)[C@@H](O)[C@@H]2OC. The maximum absolute atomic E-state index is 12.5. The number of hydrogen-bond donors (Lipinski definition) is 5. The first-order valence-electron chi connectivity index (χ1n) is 12.3. The molecule has 0 radical (unpaired) electrons. The number of fused-ring (bicyclic) bond motifs is 2. The molecule has 1 heterocycles. The summed E-state index contributed by atoms with van der Waals surface area (Å²) in [6, 6.07) is -0.254. The van der Waals surface area contributed by atoms with E-state index in [-0.39, 0.29) is 18.4 Å². The maximum Gasteiger partial charge on any atom is 0.120 e. The van der Waals surface area contributed by atoms with Crippen molar-refractivity contribution in [1.29, 1.82) is 0 Å². The van der Waals surface area contributed by atoms with E-state index in [0.717, 1.165) is 0 Å². The highest BCUT2D eigenvalue weighted by Gasteiger charge is 2.90. The summed E-state index contributed by atoms with van der Waals surface area (Å²) in [4.78, 5) is 2.17. The summed E-state index contributed by atoms with van der Waals surface area (Å²) in [5.41, 5.74) is -4.81. The van der Waals surface area contributed by atoms with Crippen molar-refractivity contribution in [2.75, 3.05) is 48.6 Å². The Labute approximate surface area is 199 Å². The second kappa shape index (κ2) is 7.12. The highest BCUT2D eigenvalue weighted by molar-refractivity contribution is 5.39. The van der Waals surface area contributed by atoms with Crippen LogP contribution in [0.15, 0.2) is 0 Å². The third-order valence-electron chi connectivity index (χ3n) is 11.4. The Morgan fingerprint density at radius 2 is 1.65 bits per heavy atom. The lowest BCUT2D eigenvalue weighted by Gasteiger charge is -2.69. The molecule has 15 atom stereocenters. The molecule has 0 amide bonds. The second-order valence-electron chi connectivity index (χ2n) is 12.0. The van der Waals surface area contributed by atoms with Crippen LogP contribution < -0.4 is 0 Å². The highest BCUT2D eigenvalue weighted by atomic mass is 16.5. The molecule has 6 aliphatic rings. The van der Waals surface area contributed by atoms with Crippen LogP contribution in [0.2, 0.25) is 0 Å². The predicted octanol–water partition coefficient (Wildman–Crippen LogP) is -2.18. The van der Waals surface area contributed by atoms with E-state index in [1.165, 1.54) is 7.11 Å². The summed E-state index contributed by atoms with van der Waals surface area (Å²) in [6.07, 6.45) is -4.96. The van der Waals surface area contributed by atoms with Crippen molar-refractivity contribution < 1.29 is 44.5 Å². The zero-order chi connectivity index (χ0) is 24.6. The zero-order valence-electron chi connectivity index (χ0n) is 20.5. The number of aliphatic hydroxyl groups excluding tert-OH is 3. The van der Waals surface area contributed by atoms with Crippen molar-refractivity contribution in [2.24, 2.45) is 34.5 Å². The van der Waals surface area contributed by atoms with Gasteiger partial charge in [-0.2, -0.15) is 0 Å². The summed E-state index contributed by atoms with van der Waals surface area (Å²) in [7, 11) is 8.24. The van der Waals surface area contributed by atoms with Gasteiger partial charge in [0.25, 0.3) is 0 Å². The van der Waals surface area contributed by atoms with E-state index >= 15 is 0 Å². The number of aliphatic hydroxyl groups is 5. The van der Waals surface area contributed by atoms with Gasteiger partial charge in [-0.3, -0.25) is 0 Å². The average molecular weight is 486 g/mol. The number of methoxy groups -OCH3 is 4. The van der Waals surface area contributed by atoms with Crippen LogP contribution in [0.1, 0.15) is 12.8 Å². The molecule has 5 aliphatic carbocycles. The Hall–Kier alpha value is -0.400. The van der Waals surface area contributed by atoms with Gasteiger partial charge in [-0.1, -0.05) is 0 Å². The van der Waals surface area contributed by atoms with E-state index in [0.29, 0.717) is 19.6 Å². The smallest absolute Gasteiger partial charge is 0.120 e. The van der Waals surface area contributed by atoms with Crippen LogP contribution in [0.4, 0.5) is 0 Å². The van der Waals surface area contributed by atoms with Gasteiger partial charge in [0.15, 0.2) is 0 Å². The Kier molecular flexibility index (Phi) is 5.02. The standard InChI is InChI=1S/C24H39NO9/c1-25-8-21(9-31-2)11(26)6-12(32-3)23-10-7-22(29)18(27)13(10)24(30,19(28)20(22)34-5)14(17(23)25)15(33-4)16(21)23/h10-20,26-30H,6-9H2,1-5H3/t10-,11-,12+,13-,14?,15+,16-,17?,18-,19+,20+,21+,22+,23?,24-/m1/s1. The molecular formula is C24H39NO9. The Morgan fingerprint density at radius 3 is 2.24 bits per heavy atom. The molecule has 5 saturated carbocycles. The molecule has 7 bridgehead atoms. The minimum Gasteiger partial charge on any atom is -0.392 e. The molecule has 0 aromatic rings. The quantitative estimate of drug-likeness (QED) is 0.292. The summed E-state index contributed by atoms with van der Waals surface area (Å²) in [6.45, 7) is 0.836. The monoisotopic (exact) mass is 485 g/mol. The molecule has 0 aromatic carbocycles. The number of nitrogens with zero attached hydrogens (tertiary/aromatic N) is 1. The van der Waals surface area contributed by atoms with Crippen molar-refractivity contribution in [1.82, 2.24) is 4.90 Å². The van der Waals surface area contributed by atoms with E-state index in [9.17, 15) is 25.5 Å². The van der Waals surface area contributed by atoms with Crippen LogP contribution in [0.3, 0.4) is 0 Å². The lowest BCUT2D eigenvalue weighted by molar-refractivity contribution is -0.319. The first-order chi connectivity index (χ1) is 16.1. The maximum atomic E-state index is 12.5. The van der Waals surface area contributed by atoms with Gasteiger partial charge in [0.2, 0.25) is 0 Å². The van der Waals surface area contributed by atoms with Crippen LogP contribution in [-0.2, 0) is 18.9 Å². The molecule has 1 spiro atoms. The lowest BCUT2D eigenvalue weighted by atomic mass is 9.42. The number of piperidine rings is 1. The van der Waals surface area contributed by atoms with Gasteiger partial charge in [0.1, 0.15) is 23.4 Å². The van der Waals surface area contributed by atoms with Crippen LogP contribution in [0.5, 0.6) is 0 Å². The molecule has 10 nitrogen and oxygen atoms in total. The van der Waals surface area contributed by atoms with E-state index < -0.39 is 76.4 Å². The summed E-state index contributed by atoms with van der Waals surface area (Å²) in [5, 5.41) is 58.9. The van der Waals surface area contributed by atoms with E-state index in [2.05, 4.69) is 4.90 Å². The molecule has 1 saturated heterocycles. The number of hydrogen-bond acceptors (Lipinski definition) is 10. The van der Waals surface area contributed by atoms with Crippen LogP contribution in [-0.4, -0.2) is 133 Å². The first-order valence-corrected chi connectivity index (χ1v) is 12.3. The van der Waals surface area contributed by atoms with Gasteiger partial charge >= 0.3 is 0 Å². The predicted molar refractivity (Wildman–Crippen MR) is 117 cm³/mol. The molecular weight excluding hydrogens is 446 g/mol. The molecule has 3 unspecified atom stereocenters. The minimum absolute atomic E-state index is 0.153. The van der Waals surface area contributed by atoms with Crippen LogP contribution >= 0.6 is 0 Å². The zero-order valence-corrected chi connectivity index (χ0v) is 20.5. The molecule has 1 aliphatic heterocycles. The Balaban J connectivity index is 1.67. The van der Waals surface area contributed by atoms with Gasteiger partial charge in [-0.25, -0.2) is 0 Å². The van der Waals surface area contributed by atoms with Gasteiger partial charge in [-0.15, -0.1) is 0 Å². The Bertz CT molecular complexity index is 862. The molecule has 194 valence electrons. The third-order valence-corrected chi connectivity index (χ3v) is 11.4. The lowest BCUT2D eigenvalue weighted by Crippen LogP contribution is -2.80. The molecule has 10 heteroatoms. The molecule has 6 fully saturated rings. The fourth-order valence-electron chi connectivity index (χ4n) is 10.9. The van der Waals surface area contributed by atoms with Crippen LogP contribution in [0.25, 0.3) is 0 Å². The highest BCUT2D eigenvalue weighted by Crippen LogP contribution is 2.79. The topological polar surface area (TPSA) is 141 Å². The van der Waals surface area contributed by atoms with Gasteiger partial charge < -0.3 is 49.4 Å². The first kappa shape index (κ1) is 24.0. The number of rotatable bonds is 5. The van der Waals surface area contributed by atoms with E-state index in [1.807, 2.05) is 7.05 Å². The van der Waals surface area contributed by atoms with Crippen molar-refractivity contribution in [3.8, 4) is 0 Å². The van der Waals surface area contributed by atoms with Gasteiger partial charge in [0.05, 0.1) is 31.0 Å². The van der Waals surface area contributed by atoms with Crippen molar-refractivity contribution in [3.63, 3.8) is 0 Å². The van der Waals surface area contributed by atoms with E-state index in [1.54, 1.807) is 21.3 Å². The molecule has 5 N–H and O–H groups in total. The third kappa shape index (κ3) is 2.14. The fourth-order valence-corrected chi connectivity index (χ4v) is 10.9. The summed E-state index contributed by atoms with van der Waals surface area (Å²) >= 11 is 0. The number of ether oxygens (including phenoxy) is 4. The second-order valence-corrected chi connectivity index (χ2v) is 12.0. The normalized spacial score (nSPS) is 63.9. The summed E-state index contributed by atoms with van der Waals surface area (Å²) < 4.78 is 23.6. The largest absolute Gasteiger partial charge is 0.392 e. The average Bonchev–Trinajstić information content (AvgIpc) is 3.17. The number of likely N-dealkylation sites (tertiary alicyclic amines) is 1. The molecule has 34 heavy (non-hydrogen) atoms. The van der Waals surface area contributed by atoms with Crippen molar-refractivity contribution >= 4 is 0 Å².